The molecule has 0 unspecified atom stereocenters. The van der Waals surface area contributed by atoms with Crippen molar-refractivity contribution in [2.45, 2.75) is 38.2 Å². The van der Waals surface area contributed by atoms with Crippen molar-refractivity contribution in [2.24, 2.45) is 0 Å². The number of rotatable bonds is 1. The first-order valence-corrected chi connectivity index (χ1v) is 8.32. The van der Waals surface area contributed by atoms with Crippen molar-refractivity contribution < 1.29 is 66.3 Å². The summed E-state index contributed by atoms with van der Waals surface area (Å²) < 4.78 is 21.9. The second kappa shape index (κ2) is 24.5. The first-order valence-electron chi connectivity index (χ1n) is 8.32. The Morgan fingerprint density at radius 1 is 0.714 bits per heavy atom. The minimum absolute atomic E-state index is 0. The summed E-state index contributed by atoms with van der Waals surface area (Å²) in [7, 11) is 0. The van der Waals surface area contributed by atoms with E-state index in [1.54, 1.807) is 0 Å². The largest absolute Gasteiger partial charge is 3.00 e. The van der Waals surface area contributed by atoms with Crippen LogP contribution in [0, 0.1) is 31.2 Å². The second-order valence-corrected chi connectivity index (χ2v) is 4.93. The Morgan fingerprint density at radius 3 is 0.964 bits per heavy atom. The van der Waals surface area contributed by atoms with Crippen molar-refractivity contribution in [1.29, 1.82) is 0 Å². The van der Waals surface area contributed by atoms with Gasteiger partial charge in [0, 0.05) is 0 Å². The smallest absolute Gasteiger partial charge is 0.338 e. The monoisotopic (exact) mass is 535 g/mol. The molecule has 0 spiro atoms. The van der Waals surface area contributed by atoms with Crippen LogP contribution in [0.2, 0.25) is 0 Å². The van der Waals surface area contributed by atoms with Crippen LogP contribution in [0.3, 0.4) is 0 Å². The normalized spacial score (nSPS) is 15.1. The van der Waals surface area contributed by atoms with Gasteiger partial charge in [-0.3, -0.25) is 24.3 Å². The van der Waals surface area contributed by atoms with Gasteiger partial charge in [0.2, 0.25) is 0 Å². The zero-order valence-electron chi connectivity index (χ0n) is 15.9. The first-order chi connectivity index (χ1) is 12.6. The van der Waals surface area contributed by atoms with Gasteiger partial charge in [-0.2, -0.15) is 33.1 Å². The predicted octanol–water partition coefficient (Wildman–Crippen LogP) is 6.01. The van der Waals surface area contributed by atoms with Gasteiger partial charge in [-0.1, -0.05) is 6.42 Å². The van der Waals surface area contributed by atoms with Crippen LogP contribution in [-0.2, 0) is 52.4 Å². The molecular weight excluding hydrogens is 513 g/mol. The van der Waals surface area contributed by atoms with E-state index in [1.165, 1.54) is 0 Å². The molecule has 0 atom stereocenters. The van der Waals surface area contributed by atoms with Crippen LogP contribution < -0.4 is 0 Å². The molecule has 0 amide bonds. The molecule has 1 radical (unpaired) electrons. The number of hydrogen-bond donors (Lipinski definition) is 1. The van der Waals surface area contributed by atoms with Crippen molar-refractivity contribution in [3.05, 3.63) is 104 Å². The van der Waals surface area contributed by atoms with E-state index in [4.69, 9.17) is 5.11 Å². The van der Waals surface area contributed by atoms with E-state index in [9.17, 15) is 8.78 Å². The van der Waals surface area contributed by atoms with E-state index < -0.39 is 12.5 Å². The average molecular weight is 538 g/mol. The maximum atomic E-state index is 10.9. The Morgan fingerprint density at radius 2 is 0.929 bits per heavy atom. The van der Waals surface area contributed by atoms with Gasteiger partial charge in [0.05, 0.1) is 0 Å². The van der Waals surface area contributed by atoms with Gasteiger partial charge in [0.15, 0.2) is 0 Å². The molecule has 1 N–H and O–H groups in total. The molecule has 0 bridgehead atoms. The third-order valence-electron chi connectivity index (χ3n) is 2.64. The van der Waals surface area contributed by atoms with Gasteiger partial charge >= 0.3 is 58.5 Å². The zero-order valence-corrected chi connectivity index (χ0v) is 20.8. The van der Waals surface area contributed by atoms with Crippen LogP contribution in [0.15, 0.2) is 72.9 Å². The van der Waals surface area contributed by atoms with E-state index in [0.717, 1.165) is 25.7 Å². The summed E-state index contributed by atoms with van der Waals surface area (Å²) in [6, 6.07) is 0. The quantitative estimate of drug-likeness (QED) is 0.406. The Labute approximate surface area is 207 Å². The molecule has 0 aromatic heterocycles. The maximum absolute atomic E-state index is 10.9. The molecule has 5 heteroatoms. The van der Waals surface area contributed by atoms with Crippen LogP contribution in [0.5, 0.6) is 0 Å². The molecule has 0 saturated carbocycles. The Bertz CT molecular complexity index is 436. The number of halogens is 2. The molecule has 1 nitrogen and oxygen atoms in total. The number of hydrogen-bond acceptors (Lipinski definition) is 1. The maximum Gasteiger partial charge on any atom is 3.00 e. The van der Waals surface area contributed by atoms with E-state index in [-0.39, 0.29) is 52.4 Å². The minimum Gasteiger partial charge on any atom is -0.338 e. The van der Waals surface area contributed by atoms with E-state index in [2.05, 4.69) is 55.5 Å². The average Bonchev–Trinajstić information content (AvgIpc) is 3.47. The van der Waals surface area contributed by atoms with Crippen LogP contribution >= 0.6 is 0 Å². The van der Waals surface area contributed by atoms with Crippen LogP contribution in [0.25, 0.3) is 0 Å². The standard InChI is InChI=1S/4C5H5.C3H5F2O.2Zr/c4*1-2-4-5-3-1;1-2-3(4,5)6;;/h4*1-3H,4H2;6H,1-2H2;;/q5*-1;+2;+3. The SMILES string of the molecule is [C-]1=CC=CC1.[C-]1=CC=CC1.[C-]1=CC=CC1.[C-]1=CC=CC1.[CH2-]CC(O)(F)F.[Zr+2].[Zr+3]. The summed E-state index contributed by atoms with van der Waals surface area (Å²) in [6.07, 6.45) is 35.7. The van der Waals surface area contributed by atoms with Crippen molar-refractivity contribution >= 4 is 0 Å². The van der Waals surface area contributed by atoms with Gasteiger partial charge in [0.25, 0.3) is 0 Å². The summed E-state index contributed by atoms with van der Waals surface area (Å²) >= 11 is 0. The third kappa shape index (κ3) is 30.2. The van der Waals surface area contributed by atoms with Crippen molar-refractivity contribution in [2.75, 3.05) is 0 Å². The number of aliphatic hydroxyl groups is 1. The molecule has 0 fully saturated rings. The number of alkyl halides is 2. The molecule has 0 aromatic carbocycles. The fraction of sp³-hybridized carbons (Fsp3) is 0.261. The molecule has 0 aromatic rings. The Kier molecular flexibility index (Phi) is 28.2. The molecule has 0 heterocycles. The molecule has 28 heavy (non-hydrogen) atoms. The van der Waals surface area contributed by atoms with E-state index in [0.29, 0.717) is 0 Å². The molecule has 4 rings (SSSR count). The zero-order chi connectivity index (χ0) is 19.3. The third-order valence-corrected chi connectivity index (χ3v) is 2.64. The van der Waals surface area contributed by atoms with Crippen LogP contribution in [-0.4, -0.2) is 11.2 Å². The molecule has 0 aliphatic heterocycles. The molecular formula is C23H25F2OZr2. The molecule has 145 valence electrons. The fourth-order valence-corrected chi connectivity index (χ4v) is 1.36. The van der Waals surface area contributed by atoms with E-state index in [1.807, 2.05) is 48.6 Å². The predicted molar refractivity (Wildman–Crippen MR) is 103 cm³/mol. The second-order valence-electron chi connectivity index (χ2n) is 4.93. The summed E-state index contributed by atoms with van der Waals surface area (Å²) in [5.41, 5.74) is 0. The summed E-state index contributed by atoms with van der Waals surface area (Å²) in [6.45, 7) is 2.76. The van der Waals surface area contributed by atoms with Crippen molar-refractivity contribution in [3.8, 4) is 0 Å². The topological polar surface area (TPSA) is 20.2 Å². The van der Waals surface area contributed by atoms with Gasteiger partial charge in [-0.05, 0) is 0 Å². The fourth-order valence-electron chi connectivity index (χ4n) is 1.36. The Balaban J connectivity index is -0.000000274. The van der Waals surface area contributed by atoms with Crippen LogP contribution in [0.1, 0.15) is 32.1 Å². The summed E-state index contributed by atoms with van der Waals surface area (Å²) in [5, 5.41) is 7.43. The van der Waals surface area contributed by atoms with Crippen LogP contribution in [0.4, 0.5) is 8.78 Å². The van der Waals surface area contributed by atoms with Gasteiger partial charge in [-0.15, -0.1) is 25.7 Å². The molecule has 4 aliphatic rings. The summed E-state index contributed by atoms with van der Waals surface area (Å²) in [4.78, 5) is 0. The first kappa shape index (κ1) is 32.2. The number of allylic oxidation sites excluding steroid dienone is 16. The van der Waals surface area contributed by atoms with Gasteiger partial charge in [-0.25, -0.2) is 48.6 Å². The Hall–Kier alpha value is -0.494. The van der Waals surface area contributed by atoms with Gasteiger partial charge in [0.1, 0.15) is 0 Å². The summed E-state index contributed by atoms with van der Waals surface area (Å²) in [5.74, 6) is 0. The van der Waals surface area contributed by atoms with Gasteiger partial charge < -0.3 is 12.0 Å². The molecule has 0 saturated heterocycles. The molecule has 4 aliphatic carbocycles. The van der Waals surface area contributed by atoms with Crippen molar-refractivity contribution in [3.63, 3.8) is 0 Å². The minimum atomic E-state index is -3.57. The van der Waals surface area contributed by atoms with E-state index >= 15 is 0 Å². The van der Waals surface area contributed by atoms with Crippen molar-refractivity contribution in [1.82, 2.24) is 0 Å².